The molecule has 0 aliphatic carbocycles. The smallest absolute Gasteiger partial charge is 0.270 e. The fraction of sp³-hybridized carbons (Fsp3) is 0.333. The first-order valence-electron chi connectivity index (χ1n) is 9.40. The lowest BCUT2D eigenvalue weighted by atomic mass is 9.99. The molecule has 0 saturated carbocycles. The lowest BCUT2D eigenvalue weighted by Crippen LogP contribution is -2.38. The van der Waals surface area contributed by atoms with Gasteiger partial charge in [-0.1, -0.05) is 0 Å². The molecule has 1 N–H and O–H groups in total. The summed E-state index contributed by atoms with van der Waals surface area (Å²) in [6, 6.07) is 6.14. The number of amides is 1. The molecule has 3 aromatic rings. The number of thiophene rings is 1. The van der Waals surface area contributed by atoms with Crippen molar-refractivity contribution in [1.82, 2.24) is 15.2 Å². The van der Waals surface area contributed by atoms with Gasteiger partial charge in [0.05, 0.1) is 14.2 Å². The summed E-state index contributed by atoms with van der Waals surface area (Å²) in [7, 11) is 3.32. The summed E-state index contributed by atoms with van der Waals surface area (Å²) < 4.78 is 10.8. The van der Waals surface area contributed by atoms with E-state index in [2.05, 4.69) is 27.3 Å². The quantitative estimate of drug-likeness (QED) is 0.621. The molecule has 2 aromatic heterocycles. The van der Waals surface area contributed by atoms with Gasteiger partial charge in [-0.3, -0.25) is 9.69 Å². The van der Waals surface area contributed by atoms with Crippen LogP contribution >= 0.6 is 22.7 Å². The van der Waals surface area contributed by atoms with Gasteiger partial charge in [-0.2, -0.15) is 11.3 Å². The maximum atomic E-state index is 12.4. The van der Waals surface area contributed by atoms with Gasteiger partial charge in [0.25, 0.3) is 5.91 Å². The third-order valence-electron chi connectivity index (χ3n) is 5.02. The fourth-order valence-corrected chi connectivity index (χ4v) is 4.96. The molecule has 152 valence electrons. The van der Waals surface area contributed by atoms with Crippen molar-refractivity contribution in [3.63, 3.8) is 0 Å². The van der Waals surface area contributed by atoms with Gasteiger partial charge in [-0.15, -0.1) is 11.3 Å². The number of fused-ring (bicyclic) bond motifs is 1. The Morgan fingerprint density at radius 1 is 1.21 bits per heavy atom. The molecule has 0 saturated heterocycles. The van der Waals surface area contributed by atoms with Gasteiger partial charge in [0.2, 0.25) is 0 Å². The second kappa shape index (κ2) is 8.94. The van der Waals surface area contributed by atoms with Crippen LogP contribution in [0.1, 0.15) is 21.6 Å². The van der Waals surface area contributed by atoms with Crippen LogP contribution in [0, 0.1) is 0 Å². The van der Waals surface area contributed by atoms with E-state index in [0.717, 1.165) is 48.1 Å². The maximum Gasteiger partial charge on any atom is 0.270 e. The highest BCUT2D eigenvalue weighted by Crippen LogP contribution is 2.33. The van der Waals surface area contributed by atoms with E-state index in [1.54, 1.807) is 25.6 Å². The molecule has 0 fully saturated rings. The van der Waals surface area contributed by atoms with Crippen molar-refractivity contribution < 1.29 is 14.3 Å². The number of thiazole rings is 1. The van der Waals surface area contributed by atoms with Crippen LogP contribution in [-0.4, -0.2) is 49.6 Å². The molecule has 29 heavy (non-hydrogen) atoms. The molecule has 1 aliphatic rings. The van der Waals surface area contributed by atoms with Crippen LogP contribution in [0.5, 0.6) is 11.5 Å². The summed E-state index contributed by atoms with van der Waals surface area (Å²) in [6.45, 7) is 3.18. The first kappa shape index (κ1) is 19.9. The molecule has 3 heterocycles. The second-order valence-corrected chi connectivity index (χ2v) is 8.45. The summed E-state index contributed by atoms with van der Waals surface area (Å²) in [5.41, 5.74) is 4.10. The number of nitrogens with zero attached hydrogens (tertiary/aromatic N) is 2. The van der Waals surface area contributed by atoms with Crippen molar-refractivity contribution in [3.8, 4) is 22.1 Å². The number of carbonyl (C=O) groups excluding carboxylic acids is 1. The Morgan fingerprint density at radius 2 is 2.00 bits per heavy atom. The normalized spacial score (nSPS) is 13.7. The molecule has 1 aliphatic heterocycles. The third kappa shape index (κ3) is 4.44. The maximum absolute atomic E-state index is 12.4. The molecule has 6 nitrogen and oxygen atoms in total. The number of nitrogens with one attached hydrogen (secondary N) is 1. The Bertz CT molecular complexity index is 985. The van der Waals surface area contributed by atoms with E-state index in [4.69, 9.17) is 9.47 Å². The molecule has 0 unspecified atom stereocenters. The highest BCUT2D eigenvalue weighted by molar-refractivity contribution is 7.14. The molecular formula is C21H23N3O3S2. The molecule has 1 aromatic carbocycles. The van der Waals surface area contributed by atoms with E-state index in [-0.39, 0.29) is 5.91 Å². The van der Waals surface area contributed by atoms with Gasteiger partial charge >= 0.3 is 0 Å². The van der Waals surface area contributed by atoms with Gasteiger partial charge in [0, 0.05) is 42.5 Å². The zero-order valence-electron chi connectivity index (χ0n) is 16.4. The Morgan fingerprint density at radius 3 is 2.72 bits per heavy atom. The Kier molecular flexibility index (Phi) is 6.13. The zero-order valence-corrected chi connectivity index (χ0v) is 18.1. The Balaban J connectivity index is 1.31. The lowest BCUT2D eigenvalue weighted by molar-refractivity contribution is 0.0943. The van der Waals surface area contributed by atoms with Crippen LogP contribution < -0.4 is 14.8 Å². The number of aromatic nitrogens is 1. The first-order valence-corrected chi connectivity index (χ1v) is 11.2. The van der Waals surface area contributed by atoms with Crippen LogP contribution in [0.25, 0.3) is 10.6 Å². The van der Waals surface area contributed by atoms with Gasteiger partial charge < -0.3 is 14.8 Å². The van der Waals surface area contributed by atoms with E-state index in [1.165, 1.54) is 22.5 Å². The number of rotatable bonds is 7. The van der Waals surface area contributed by atoms with Crippen LogP contribution in [0.3, 0.4) is 0 Å². The number of methoxy groups -OCH3 is 2. The topological polar surface area (TPSA) is 63.7 Å². The largest absolute Gasteiger partial charge is 0.493 e. The second-order valence-electron chi connectivity index (χ2n) is 6.81. The monoisotopic (exact) mass is 429 g/mol. The highest BCUT2D eigenvalue weighted by Gasteiger charge is 2.19. The van der Waals surface area contributed by atoms with Crippen molar-refractivity contribution >= 4 is 28.6 Å². The summed E-state index contributed by atoms with van der Waals surface area (Å²) in [4.78, 5) is 19.2. The number of hydrogen-bond acceptors (Lipinski definition) is 7. The summed E-state index contributed by atoms with van der Waals surface area (Å²) >= 11 is 3.12. The lowest BCUT2D eigenvalue weighted by Gasteiger charge is -2.29. The first-order chi connectivity index (χ1) is 14.2. The summed E-state index contributed by atoms with van der Waals surface area (Å²) in [5, 5.41) is 9.75. The molecule has 8 heteroatoms. The minimum absolute atomic E-state index is 0.119. The molecule has 4 rings (SSSR count). The number of hydrogen-bond donors (Lipinski definition) is 1. The molecule has 0 radical (unpaired) electrons. The van der Waals surface area contributed by atoms with Crippen LogP contribution in [-0.2, 0) is 13.0 Å². The molecular weight excluding hydrogens is 406 g/mol. The van der Waals surface area contributed by atoms with Crippen molar-refractivity contribution in [1.29, 1.82) is 0 Å². The van der Waals surface area contributed by atoms with E-state index < -0.39 is 0 Å². The van der Waals surface area contributed by atoms with Crippen LogP contribution in [0.4, 0.5) is 0 Å². The molecule has 0 atom stereocenters. The van der Waals surface area contributed by atoms with Crippen molar-refractivity contribution in [2.24, 2.45) is 0 Å². The van der Waals surface area contributed by atoms with Crippen molar-refractivity contribution in [2.45, 2.75) is 13.0 Å². The van der Waals surface area contributed by atoms with Gasteiger partial charge in [-0.05, 0) is 41.1 Å². The van der Waals surface area contributed by atoms with Gasteiger partial charge in [0.15, 0.2) is 11.5 Å². The predicted molar refractivity (Wildman–Crippen MR) is 116 cm³/mol. The SMILES string of the molecule is COc1cc2c(cc1OC)CN(CCNC(=O)c1csc(-c3ccsc3)n1)CC2. The summed E-state index contributed by atoms with van der Waals surface area (Å²) in [6.07, 6.45) is 0.958. The van der Waals surface area contributed by atoms with E-state index in [1.807, 2.05) is 22.2 Å². The van der Waals surface area contributed by atoms with Crippen LogP contribution in [0.15, 0.2) is 34.3 Å². The number of benzene rings is 1. The van der Waals surface area contributed by atoms with Gasteiger partial charge in [0.1, 0.15) is 10.7 Å². The van der Waals surface area contributed by atoms with Crippen molar-refractivity contribution in [2.75, 3.05) is 33.9 Å². The van der Waals surface area contributed by atoms with E-state index in [9.17, 15) is 4.79 Å². The molecule has 0 bridgehead atoms. The minimum atomic E-state index is -0.119. The summed E-state index contributed by atoms with van der Waals surface area (Å²) in [5.74, 6) is 1.41. The van der Waals surface area contributed by atoms with Crippen LogP contribution in [0.2, 0.25) is 0 Å². The zero-order chi connectivity index (χ0) is 20.2. The average Bonchev–Trinajstić information content (AvgIpc) is 3.44. The van der Waals surface area contributed by atoms with Gasteiger partial charge in [-0.25, -0.2) is 4.98 Å². The fourth-order valence-electron chi connectivity index (χ4n) is 3.45. The Hall–Kier alpha value is -2.42. The molecule has 1 amide bonds. The molecule has 0 spiro atoms. The van der Waals surface area contributed by atoms with E-state index >= 15 is 0 Å². The predicted octanol–water partition coefficient (Wildman–Crippen LogP) is 3.68. The average molecular weight is 430 g/mol. The highest BCUT2D eigenvalue weighted by atomic mass is 32.1. The number of ether oxygens (including phenoxy) is 2. The Labute approximate surface area is 178 Å². The number of carbonyl (C=O) groups is 1. The van der Waals surface area contributed by atoms with Crippen molar-refractivity contribution in [3.05, 3.63) is 51.2 Å². The third-order valence-corrected chi connectivity index (χ3v) is 6.59. The standard InChI is InChI=1S/C21H23N3O3S2/c1-26-18-9-14-3-6-24(11-16(14)10-19(18)27-2)7-5-22-20(25)17-13-29-21(23-17)15-4-8-28-12-15/h4,8-10,12-13H,3,5-7,11H2,1-2H3,(H,22,25). The van der Waals surface area contributed by atoms with E-state index in [0.29, 0.717) is 12.2 Å². The minimum Gasteiger partial charge on any atom is -0.493 e.